The van der Waals surface area contributed by atoms with Crippen molar-refractivity contribution in [2.45, 2.75) is 17.7 Å². The van der Waals surface area contributed by atoms with Gasteiger partial charge in [-0.3, -0.25) is 0 Å². The summed E-state index contributed by atoms with van der Waals surface area (Å²) in [6, 6.07) is 19.3. The third-order valence-corrected chi connectivity index (χ3v) is 4.27. The van der Waals surface area contributed by atoms with Crippen LogP contribution in [0.15, 0.2) is 65.6 Å². The van der Waals surface area contributed by atoms with Crippen LogP contribution in [0.3, 0.4) is 0 Å². The van der Waals surface area contributed by atoms with E-state index in [0.717, 1.165) is 0 Å². The van der Waals surface area contributed by atoms with Crippen LogP contribution in [0.4, 0.5) is 0 Å². The first-order chi connectivity index (χ1) is 8.34. The van der Waals surface area contributed by atoms with E-state index in [2.05, 4.69) is 67.6 Å². The maximum atomic E-state index is 2.36. The molecule has 0 nitrogen and oxygen atoms in total. The molecule has 1 unspecified atom stereocenters. The number of hydrogen-bond acceptors (Lipinski definition) is 1. The van der Waals surface area contributed by atoms with Gasteiger partial charge < -0.3 is 0 Å². The van der Waals surface area contributed by atoms with Gasteiger partial charge in [0.05, 0.1) is 0 Å². The van der Waals surface area contributed by atoms with Crippen molar-refractivity contribution in [1.82, 2.24) is 0 Å². The summed E-state index contributed by atoms with van der Waals surface area (Å²) in [7, 11) is 0. The molecule has 1 atom stereocenters. The lowest BCUT2D eigenvalue weighted by atomic mass is 9.99. The molecular weight excluding hydrogens is 224 g/mol. The van der Waals surface area contributed by atoms with Gasteiger partial charge in [-0.25, -0.2) is 0 Å². The second kappa shape index (κ2) is 4.42. The van der Waals surface area contributed by atoms with Gasteiger partial charge in [-0.2, -0.15) is 0 Å². The molecule has 0 aromatic heterocycles. The number of hydrogen-bond donors (Lipinski definition) is 0. The van der Waals surface area contributed by atoms with Crippen molar-refractivity contribution in [2.24, 2.45) is 0 Å². The first kappa shape index (κ1) is 10.7. The van der Waals surface area contributed by atoms with Gasteiger partial charge in [0.2, 0.25) is 0 Å². The molecular formula is C16H14S. The summed E-state index contributed by atoms with van der Waals surface area (Å²) < 4.78 is 0. The van der Waals surface area contributed by atoms with E-state index in [1.165, 1.54) is 20.9 Å². The fourth-order valence-corrected chi connectivity index (χ4v) is 3.46. The van der Waals surface area contributed by atoms with Gasteiger partial charge in [-0.1, -0.05) is 73.3 Å². The second-order valence-corrected chi connectivity index (χ2v) is 5.41. The molecule has 1 aliphatic rings. The van der Waals surface area contributed by atoms with Crippen LogP contribution < -0.4 is 0 Å². The molecule has 0 fully saturated rings. The average molecular weight is 238 g/mol. The van der Waals surface area contributed by atoms with Gasteiger partial charge in [-0.15, -0.1) is 0 Å². The zero-order chi connectivity index (χ0) is 11.7. The van der Waals surface area contributed by atoms with Gasteiger partial charge in [0.25, 0.3) is 0 Å². The van der Waals surface area contributed by atoms with Crippen LogP contribution >= 0.6 is 11.8 Å². The maximum Gasteiger partial charge on any atom is 0.0161 e. The largest absolute Gasteiger partial charge is 0.0895 e. The number of benzene rings is 2. The Bertz CT molecular complexity index is 555. The van der Waals surface area contributed by atoms with Crippen molar-refractivity contribution in [3.63, 3.8) is 0 Å². The minimum Gasteiger partial charge on any atom is -0.0895 e. The van der Waals surface area contributed by atoms with E-state index in [1.807, 2.05) is 11.8 Å². The average Bonchev–Trinajstić information content (AvgIpc) is 2.40. The summed E-state index contributed by atoms with van der Waals surface area (Å²) in [4.78, 5) is 2.76. The smallest absolute Gasteiger partial charge is 0.0161 e. The molecule has 0 saturated heterocycles. The van der Waals surface area contributed by atoms with Crippen LogP contribution in [-0.4, -0.2) is 0 Å². The van der Waals surface area contributed by atoms with Crippen molar-refractivity contribution in [2.75, 3.05) is 0 Å². The third-order valence-electron chi connectivity index (χ3n) is 3.09. The number of fused-ring (bicyclic) bond motifs is 1. The van der Waals surface area contributed by atoms with Gasteiger partial charge in [0.15, 0.2) is 0 Å². The molecule has 0 saturated carbocycles. The van der Waals surface area contributed by atoms with E-state index in [-0.39, 0.29) is 0 Å². The van der Waals surface area contributed by atoms with Gasteiger partial charge in [0, 0.05) is 15.7 Å². The van der Waals surface area contributed by atoms with Gasteiger partial charge in [-0.05, 0) is 17.2 Å². The Morgan fingerprint density at radius 3 is 2.41 bits per heavy atom. The topological polar surface area (TPSA) is 0 Å². The van der Waals surface area contributed by atoms with Crippen molar-refractivity contribution >= 4 is 16.7 Å². The normalized spacial score (nSPS) is 18.4. The van der Waals surface area contributed by atoms with Crippen molar-refractivity contribution in [3.8, 4) is 0 Å². The molecule has 0 spiro atoms. The number of thioether (sulfide) groups is 1. The van der Waals surface area contributed by atoms with E-state index in [0.29, 0.717) is 5.92 Å². The first-order valence-electron chi connectivity index (χ1n) is 5.88. The molecule has 2 aromatic carbocycles. The molecule has 1 heterocycles. The molecule has 3 rings (SSSR count). The van der Waals surface area contributed by atoms with E-state index >= 15 is 0 Å². The van der Waals surface area contributed by atoms with Crippen molar-refractivity contribution in [3.05, 3.63) is 71.8 Å². The zero-order valence-corrected chi connectivity index (χ0v) is 10.6. The highest BCUT2D eigenvalue weighted by atomic mass is 32.2. The van der Waals surface area contributed by atoms with Crippen LogP contribution in [-0.2, 0) is 0 Å². The minimum atomic E-state index is 0.502. The Balaban J connectivity index is 2.02. The molecule has 0 N–H and O–H groups in total. The van der Waals surface area contributed by atoms with Crippen LogP contribution in [0.25, 0.3) is 4.91 Å². The highest BCUT2D eigenvalue weighted by Crippen LogP contribution is 2.44. The van der Waals surface area contributed by atoms with E-state index in [9.17, 15) is 0 Å². The summed E-state index contributed by atoms with van der Waals surface area (Å²) in [5.74, 6) is 0.502. The molecule has 84 valence electrons. The van der Waals surface area contributed by atoms with E-state index in [4.69, 9.17) is 0 Å². The minimum absolute atomic E-state index is 0.502. The highest BCUT2D eigenvalue weighted by Gasteiger charge is 2.17. The molecule has 0 bridgehead atoms. The molecule has 0 aliphatic carbocycles. The molecule has 17 heavy (non-hydrogen) atoms. The lowest BCUT2D eigenvalue weighted by molar-refractivity contribution is 0.933. The Hall–Kier alpha value is -1.47. The first-order valence-corrected chi connectivity index (χ1v) is 6.70. The fraction of sp³-hybridized carbons (Fsp3) is 0.125. The summed E-state index contributed by atoms with van der Waals surface area (Å²) in [6.07, 6.45) is 2.36. The Morgan fingerprint density at radius 2 is 1.59 bits per heavy atom. The standard InChI is InChI=1S/C16H14S/c1-12-11-16(13-7-3-2-4-8-13)17-15-10-6-5-9-14(12)15/h2-12H,1H3. The predicted molar refractivity (Wildman–Crippen MR) is 75.1 cm³/mol. The fourth-order valence-electron chi connectivity index (χ4n) is 2.18. The predicted octanol–water partition coefficient (Wildman–Crippen LogP) is 4.94. The number of allylic oxidation sites excluding steroid dienone is 1. The molecule has 1 heteroatoms. The second-order valence-electron chi connectivity index (χ2n) is 4.33. The van der Waals surface area contributed by atoms with Crippen molar-refractivity contribution < 1.29 is 0 Å². The Kier molecular flexibility index (Phi) is 2.77. The summed E-state index contributed by atoms with van der Waals surface area (Å²) in [6.45, 7) is 2.27. The Morgan fingerprint density at radius 1 is 0.882 bits per heavy atom. The quantitative estimate of drug-likeness (QED) is 0.678. The molecule has 0 radical (unpaired) electrons. The highest BCUT2D eigenvalue weighted by molar-refractivity contribution is 8.08. The van der Waals surface area contributed by atoms with Crippen LogP contribution in [0, 0.1) is 0 Å². The summed E-state index contributed by atoms with van der Waals surface area (Å²) in [5, 5.41) is 0. The monoisotopic (exact) mass is 238 g/mol. The maximum absolute atomic E-state index is 2.36. The lowest BCUT2D eigenvalue weighted by Crippen LogP contribution is -1.98. The number of rotatable bonds is 1. The van der Waals surface area contributed by atoms with Crippen molar-refractivity contribution in [1.29, 1.82) is 0 Å². The molecule has 0 amide bonds. The van der Waals surface area contributed by atoms with Crippen LogP contribution in [0.1, 0.15) is 24.0 Å². The Labute approximate surface area is 106 Å². The molecule has 1 aliphatic heterocycles. The van der Waals surface area contributed by atoms with Crippen LogP contribution in [0.2, 0.25) is 0 Å². The van der Waals surface area contributed by atoms with Crippen LogP contribution in [0.5, 0.6) is 0 Å². The third kappa shape index (κ3) is 2.03. The zero-order valence-electron chi connectivity index (χ0n) is 9.76. The molecule has 2 aromatic rings. The van der Waals surface area contributed by atoms with E-state index < -0.39 is 0 Å². The summed E-state index contributed by atoms with van der Waals surface area (Å²) >= 11 is 1.87. The lowest BCUT2D eigenvalue weighted by Gasteiger charge is -2.21. The van der Waals surface area contributed by atoms with Gasteiger partial charge >= 0.3 is 0 Å². The van der Waals surface area contributed by atoms with E-state index in [1.54, 1.807) is 0 Å². The SMILES string of the molecule is CC1C=C(c2ccccc2)Sc2ccccc21. The summed E-state index contributed by atoms with van der Waals surface area (Å²) in [5.41, 5.74) is 2.76. The van der Waals surface area contributed by atoms with Gasteiger partial charge in [0.1, 0.15) is 0 Å².